The SMILES string of the molecule is CCOc1ccccc1Nc1ccc(C(=O)NCC2CCCO2)nn1. The maximum Gasteiger partial charge on any atom is 0.271 e. The van der Waals surface area contributed by atoms with E-state index in [0.717, 1.165) is 30.9 Å². The van der Waals surface area contributed by atoms with E-state index < -0.39 is 0 Å². The van der Waals surface area contributed by atoms with Crippen LogP contribution < -0.4 is 15.4 Å². The third-order valence-electron chi connectivity index (χ3n) is 3.86. The summed E-state index contributed by atoms with van der Waals surface area (Å²) < 4.78 is 11.0. The molecular formula is C18H22N4O3. The Kier molecular flexibility index (Phi) is 5.79. The minimum Gasteiger partial charge on any atom is -0.492 e. The summed E-state index contributed by atoms with van der Waals surface area (Å²) in [7, 11) is 0. The van der Waals surface area contributed by atoms with Crippen LogP contribution in [0.15, 0.2) is 36.4 Å². The highest BCUT2D eigenvalue weighted by molar-refractivity contribution is 5.92. The fourth-order valence-electron chi connectivity index (χ4n) is 2.61. The lowest BCUT2D eigenvalue weighted by Crippen LogP contribution is -2.32. The number of rotatable bonds is 7. The molecule has 132 valence electrons. The van der Waals surface area contributed by atoms with Crippen LogP contribution in [-0.2, 0) is 4.74 Å². The normalized spacial score (nSPS) is 16.4. The number of anilines is 2. The Balaban J connectivity index is 1.59. The first-order chi connectivity index (χ1) is 12.3. The van der Waals surface area contributed by atoms with Gasteiger partial charge in [-0.25, -0.2) is 0 Å². The van der Waals surface area contributed by atoms with Crippen molar-refractivity contribution in [2.75, 3.05) is 25.1 Å². The largest absolute Gasteiger partial charge is 0.492 e. The molecule has 1 aromatic heterocycles. The van der Waals surface area contributed by atoms with Gasteiger partial charge in [-0.1, -0.05) is 12.1 Å². The molecule has 1 aromatic carbocycles. The molecule has 1 aliphatic heterocycles. The number of para-hydroxylation sites is 2. The van der Waals surface area contributed by atoms with Gasteiger partial charge in [0.2, 0.25) is 0 Å². The first-order valence-corrected chi connectivity index (χ1v) is 8.48. The predicted molar refractivity (Wildman–Crippen MR) is 94.2 cm³/mol. The number of benzene rings is 1. The second kappa shape index (κ2) is 8.43. The van der Waals surface area contributed by atoms with Gasteiger partial charge < -0.3 is 20.1 Å². The lowest BCUT2D eigenvalue weighted by molar-refractivity contribution is 0.0853. The summed E-state index contributed by atoms with van der Waals surface area (Å²) in [4.78, 5) is 12.1. The molecule has 3 rings (SSSR count). The molecule has 1 atom stereocenters. The van der Waals surface area contributed by atoms with Crippen molar-refractivity contribution in [1.29, 1.82) is 0 Å². The molecule has 0 spiro atoms. The van der Waals surface area contributed by atoms with Crippen LogP contribution >= 0.6 is 0 Å². The van der Waals surface area contributed by atoms with Crippen LogP contribution in [0.1, 0.15) is 30.3 Å². The second-order valence-corrected chi connectivity index (χ2v) is 5.70. The Morgan fingerprint density at radius 3 is 2.88 bits per heavy atom. The van der Waals surface area contributed by atoms with Crippen LogP contribution in [0.4, 0.5) is 11.5 Å². The summed E-state index contributed by atoms with van der Waals surface area (Å²) in [5.41, 5.74) is 1.08. The number of hydrogen-bond donors (Lipinski definition) is 2. The van der Waals surface area contributed by atoms with Crippen LogP contribution in [-0.4, -0.2) is 42.0 Å². The summed E-state index contributed by atoms with van der Waals surface area (Å²) in [5.74, 6) is 1.04. The van der Waals surface area contributed by atoms with E-state index in [4.69, 9.17) is 9.47 Å². The van der Waals surface area contributed by atoms with Gasteiger partial charge in [0.05, 0.1) is 18.4 Å². The standard InChI is InChI=1S/C18H22N4O3/c1-2-24-16-8-4-3-7-14(16)20-17-10-9-15(21-22-17)18(23)19-12-13-6-5-11-25-13/h3-4,7-10,13H,2,5-6,11-12H2,1H3,(H,19,23)(H,20,22). The lowest BCUT2D eigenvalue weighted by atomic mass is 10.2. The van der Waals surface area contributed by atoms with Crippen molar-refractivity contribution in [1.82, 2.24) is 15.5 Å². The fourth-order valence-corrected chi connectivity index (χ4v) is 2.61. The van der Waals surface area contributed by atoms with Gasteiger partial charge in [0.1, 0.15) is 5.75 Å². The van der Waals surface area contributed by atoms with Crippen molar-refractivity contribution >= 4 is 17.4 Å². The maximum atomic E-state index is 12.1. The van der Waals surface area contributed by atoms with E-state index in [9.17, 15) is 4.79 Å². The molecule has 0 aliphatic carbocycles. The number of nitrogens with zero attached hydrogens (tertiary/aromatic N) is 2. The van der Waals surface area contributed by atoms with E-state index in [2.05, 4.69) is 20.8 Å². The fraction of sp³-hybridized carbons (Fsp3) is 0.389. The first-order valence-electron chi connectivity index (χ1n) is 8.48. The van der Waals surface area contributed by atoms with Gasteiger partial charge in [0.15, 0.2) is 11.5 Å². The quantitative estimate of drug-likeness (QED) is 0.804. The zero-order valence-electron chi connectivity index (χ0n) is 14.2. The van der Waals surface area contributed by atoms with E-state index in [-0.39, 0.29) is 17.7 Å². The number of amides is 1. The molecule has 1 fully saturated rings. The number of nitrogens with one attached hydrogen (secondary N) is 2. The molecule has 1 saturated heterocycles. The Bertz CT molecular complexity index is 700. The maximum absolute atomic E-state index is 12.1. The van der Waals surface area contributed by atoms with Crippen molar-refractivity contribution in [3.63, 3.8) is 0 Å². The van der Waals surface area contributed by atoms with E-state index in [0.29, 0.717) is 19.0 Å². The molecule has 2 N–H and O–H groups in total. The average molecular weight is 342 g/mol. The minimum absolute atomic E-state index is 0.105. The van der Waals surface area contributed by atoms with E-state index >= 15 is 0 Å². The van der Waals surface area contributed by atoms with Crippen LogP contribution in [0, 0.1) is 0 Å². The van der Waals surface area contributed by atoms with Crippen molar-refractivity contribution in [2.45, 2.75) is 25.9 Å². The summed E-state index contributed by atoms with van der Waals surface area (Å²) in [6, 6.07) is 11.0. The van der Waals surface area contributed by atoms with Crippen LogP contribution in [0.3, 0.4) is 0 Å². The molecule has 1 amide bonds. The zero-order valence-corrected chi connectivity index (χ0v) is 14.2. The van der Waals surface area contributed by atoms with Gasteiger partial charge in [0.25, 0.3) is 5.91 Å². The molecule has 0 radical (unpaired) electrons. The van der Waals surface area contributed by atoms with Gasteiger partial charge in [-0.3, -0.25) is 4.79 Å². The Morgan fingerprint density at radius 2 is 2.16 bits per heavy atom. The van der Waals surface area contributed by atoms with Crippen LogP contribution in [0.25, 0.3) is 0 Å². The van der Waals surface area contributed by atoms with Gasteiger partial charge in [-0.05, 0) is 44.0 Å². The van der Waals surface area contributed by atoms with Gasteiger partial charge in [-0.2, -0.15) is 0 Å². The summed E-state index contributed by atoms with van der Waals surface area (Å²) in [5, 5.41) is 14.0. The zero-order chi connectivity index (χ0) is 17.5. The van der Waals surface area contributed by atoms with Crippen LogP contribution in [0.2, 0.25) is 0 Å². The highest BCUT2D eigenvalue weighted by Crippen LogP contribution is 2.26. The van der Waals surface area contributed by atoms with Crippen LogP contribution in [0.5, 0.6) is 5.75 Å². The summed E-state index contributed by atoms with van der Waals surface area (Å²) in [6.45, 7) is 3.78. The van der Waals surface area contributed by atoms with E-state index in [1.54, 1.807) is 12.1 Å². The van der Waals surface area contributed by atoms with E-state index in [1.807, 2.05) is 31.2 Å². The lowest BCUT2D eigenvalue weighted by Gasteiger charge is -2.12. The summed E-state index contributed by atoms with van der Waals surface area (Å²) >= 11 is 0. The summed E-state index contributed by atoms with van der Waals surface area (Å²) in [6.07, 6.45) is 2.13. The third-order valence-corrected chi connectivity index (χ3v) is 3.86. The highest BCUT2D eigenvalue weighted by atomic mass is 16.5. The topological polar surface area (TPSA) is 85.4 Å². The van der Waals surface area contributed by atoms with Crippen molar-refractivity contribution < 1.29 is 14.3 Å². The minimum atomic E-state index is -0.246. The molecule has 7 nitrogen and oxygen atoms in total. The molecular weight excluding hydrogens is 320 g/mol. The molecule has 25 heavy (non-hydrogen) atoms. The number of aromatic nitrogens is 2. The molecule has 1 aliphatic rings. The number of carbonyl (C=O) groups excluding carboxylic acids is 1. The van der Waals surface area contributed by atoms with E-state index in [1.165, 1.54) is 0 Å². The van der Waals surface area contributed by atoms with Crippen molar-refractivity contribution in [3.05, 3.63) is 42.1 Å². The Labute approximate surface area is 146 Å². The molecule has 0 saturated carbocycles. The van der Waals surface area contributed by atoms with Gasteiger partial charge in [-0.15, -0.1) is 10.2 Å². The molecule has 1 unspecified atom stereocenters. The van der Waals surface area contributed by atoms with Gasteiger partial charge in [0, 0.05) is 13.2 Å². The Hall–Kier alpha value is -2.67. The Morgan fingerprint density at radius 1 is 1.28 bits per heavy atom. The smallest absolute Gasteiger partial charge is 0.271 e. The van der Waals surface area contributed by atoms with Crippen molar-refractivity contribution in [3.8, 4) is 5.75 Å². The first kappa shape index (κ1) is 17.2. The molecule has 0 bridgehead atoms. The number of carbonyl (C=O) groups is 1. The average Bonchev–Trinajstić information content (AvgIpc) is 3.16. The predicted octanol–water partition coefficient (Wildman–Crippen LogP) is 2.53. The second-order valence-electron chi connectivity index (χ2n) is 5.70. The molecule has 7 heteroatoms. The van der Waals surface area contributed by atoms with Gasteiger partial charge >= 0.3 is 0 Å². The van der Waals surface area contributed by atoms with Crippen molar-refractivity contribution in [2.24, 2.45) is 0 Å². The monoisotopic (exact) mass is 342 g/mol. The molecule has 2 heterocycles. The number of hydrogen-bond acceptors (Lipinski definition) is 6. The number of ether oxygens (including phenoxy) is 2. The highest BCUT2D eigenvalue weighted by Gasteiger charge is 2.17. The third kappa shape index (κ3) is 4.67. The molecule has 2 aromatic rings.